The molecule has 0 radical (unpaired) electrons. The van der Waals surface area contributed by atoms with Crippen molar-refractivity contribution in [2.75, 3.05) is 19.7 Å². The molecule has 1 aliphatic heterocycles. The standard InChI is InChI=1S/C14H15F3N2O4/c15-14(16,17)8-23-11-7-10(1-4-18-11)12(20)19-5-2-9(3-6-19)13(21)22/h1,4,7,9H,2-3,5-6,8H2,(H,21,22). The lowest BCUT2D eigenvalue weighted by Gasteiger charge is -2.30. The van der Waals surface area contributed by atoms with Crippen LogP contribution in [-0.4, -0.2) is 52.7 Å². The summed E-state index contributed by atoms with van der Waals surface area (Å²) in [5, 5.41) is 8.92. The number of pyridine rings is 1. The number of amides is 1. The molecule has 0 atom stereocenters. The number of nitrogens with zero attached hydrogens (tertiary/aromatic N) is 2. The van der Waals surface area contributed by atoms with Crippen LogP contribution in [0.5, 0.6) is 5.88 Å². The first kappa shape index (κ1) is 17.0. The molecule has 126 valence electrons. The van der Waals surface area contributed by atoms with Gasteiger partial charge in [0.15, 0.2) is 6.61 Å². The maximum absolute atomic E-state index is 12.3. The number of likely N-dealkylation sites (tertiary alicyclic amines) is 1. The van der Waals surface area contributed by atoms with Crippen LogP contribution < -0.4 is 4.74 Å². The Labute approximate surface area is 129 Å². The van der Waals surface area contributed by atoms with E-state index in [0.29, 0.717) is 12.8 Å². The lowest BCUT2D eigenvalue weighted by molar-refractivity contribution is -0.154. The van der Waals surface area contributed by atoms with Crippen molar-refractivity contribution in [1.82, 2.24) is 9.88 Å². The molecule has 2 heterocycles. The molecule has 2 rings (SSSR count). The summed E-state index contributed by atoms with van der Waals surface area (Å²) in [7, 11) is 0. The zero-order chi connectivity index (χ0) is 17.0. The second-order valence-corrected chi connectivity index (χ2v) is 5.19. The topological polar surface area (TPSA) is 79.7 Å². The first-order valence-corrected chi connectivity index (χ1v) is 6.94. The average molecular weight is 332 g/mol. The molecule has 0 spiro atoms. The summed E-state index contributed by atoms with van der Waals surface area (Å²) in [6, 6.07) is 2.53. The fourth-order valence-electron chi connectivity index (χ4n) is 2.29. The highest BCUT2D eigenvalue weighted by molar-refractivity contribution is 5.94. The number of carbonyl (C=O) groups excluding carboxylic acids is 1. The van der Waals surface area contributed by atoms with Gasteiger partial charge in [-0.15, -0.1) is 0 Å². The molecule has 1 saturated heterocycles. The summed E-state index contributed by atoms with van der Waals surface area (Å²) in [5.74, 6) is -2.02. The Morgan fingerprint density at radius 1 is 1.35 bits per heavy atom. The molecule has 1 aromatic rings. The summed E-state index contributed by atoms with van der Waals surface area (Å²) in [6.45, 7) is -0.907. The van der Waals surface area contributed by atoms with Gasteiger partial charge in [0.2, 0.25) is 5.88 Å². The van der Waals surface area contributed by atoms with E-state index in [1.165, 1.54) is 17.2 Å². The molecule has 0 unspecified atom stereocenters. The summed E-state index contributed by atoms with van der Waals surface area (Å²) < 4.78 is 40.9. The number of rotatable bonds is 4. The second kappa shape index (κ2) is 6.84. The van der Waals surface area contributed by atoms with Gasteiger partial charge in [-0.05, 0) is 18.9 Å². The zero-order valence-corrected chi connectivity index (χ0v) is 12.0. The van der Waals surface area contributed by atoms with Gasteiger partial charge in [-0.2, -0.15) is 13.2 Å². The van der Waals surface area contributed by atoms with Crippen LogP contribution in [0.15, 0.2) is 18.3 Å². The maximum atomic E-state index is 12.3. The molecule has 1 N–H and O–H groups in total. The van der Waals surface area contributed by atoms with Crippen molar-refractivity contribution < 1.29 is 32.6 Å². The van der Waals surface area contributed by atoms with Crippen molar-refractivity contribution in [3.63, 3.8) is 0 Å². The number of piperidine rings is 1. The Morgan fingerprint density at radius 3 is 2.57 bits per heavy atom. The van der Waals surface area contributed by atoms with Crippen LogP contribution in [0.25, 0.3) is 0 Å². The quantitative estimate of drug-likeness (QED) is 0.912. The lowest BCUT2D eigenvalue weighted by Crippen LogP contribution is -2.40. The van der Waals surface area contributed by atoms with Crippen molar-refractivity contribution in [3.05, 3.63) is 23.9 Å². The van der Waals surface area contributed by atoms with Gasteiger partial charge < -0.3 is 14.7 Å². The van der Waals surface area contributed by atoms with Crippen LogP contribution in [0.3, 0.4) is 0 Å². The maximum Gasteiger partial charge on any atom is 0.422 e. The van der Waals surface area contributed by atoms with E-state index in [-0.39, 0.29) is 30.4 Å². The van der Waals surface area contributed by atoms with E-state index in [1.807, 2.05) is 0 Å². The van der Waals surface area contributed by atoms with Crippen LogP contribution in [0, 0.1) is 5.92 Å². The number of carboxylic acid groups (broad SMARTS) is 1. The SMILES string of the molecule is O=C(O)C1CCN(C(=O)c2ccnc(OCC(F)(F)F)c2)CC1. The average Bonchev–Trinajstić information content (AvgIpc) is 2.52. The van der Waals surface area contributed by atoms with E-state index >= 15 is 0 Å². The molecular weight excluding hydrogens is 317 g/mol. The Hall–Kier alpha value is -2.32. The third-order valence-electron chi connectivity index (χ3n) is 3.50. The van der Waals surface area contributed by atoms with E-state index in [2.05, 4.69) is 9.72 Å². The molecule has 0 saturated carbocycles. The van der Waals surface area contributed by atoms with Crippen LogP contribution in [0.1, 0.15) is 23.2 Å². The fourth-order valence-corrected chi connectivity index (χ4v) is 2.29. The predicted molar refractivity (Wildman–Crippen MR) is 72.1 cm³/mol. The second-order valence-electron chi connectivity index (χ2n) is 5.19. The van der Waals surface area contributed by atoms with Crippen LogP contribution in [0.2, 0.25) is 0 Å². The fraction of sp³-hybridized carbons (Fsp3) is 0.500. The molecule has 1 fully saturated rings. The third kappa shape index (κ3) is 4.83. The number of hydrogen-bond donors (Lipinski definition) is 1. The van der Waals surface area contributed by atoms with Gasteiger partial charge in [0, 0.05) is 30.9 Å². The molecule has 0 bridgehead atoms. The highest BCUT2D eigenvalue weighted by Gasteiger charge is 2.30. The normalized spacial score (nSPS) is 16.2. The number of halogens is 3. The van der Waals surface area contributed by atoms with Gasteiger partial charge >= 0.3 is 12.1 Å². The Kier molecular flexibility index (Phi) is 5.07. The molecular formula is C14H15F3N2O4. The Bertz CT molecular complexity index is 584. The van der Waals surface area contributed by atoms with Crippen LogP contribution >= 0.6 is 0 Å². The first-order valence-electron chi connectivity index (χ1n) is 6.94. The number of carbonyl (C=O) groups is 2. The number of aromatic nitrogens is 1. The first-order chi connectivity index (χ1) is 10.8. The van der Waals surface area contributed by atoms with Crippen LogP contribution in [0.4, 0.5) is 13.2 Å². The Balaban J connectivity index is 1.99. The summed E-state index contributed by atoms with van der Waals surface area (Å²) >= 11 is 0. The minimum Gasteiger partial charge on any atom is -0.481 e. The molecule has 0 aromatic carbocycles. The molecule has 23 heavy (non-hydrogen) atoms. The van der Waals surface area contributed by atoms with E-state index in [9.17, 15) is 22.8 Å². The number of ether oxygens (including phenoxy) is 1. The molecule has 9 heteroatoms. The van der Waals surface area contributed by atoms with Crippen molar-refractivity contribution in [3.8, 4) is 5.88 Å². The summed E-state index contributed by atoms with van der Waals surface area (Å²) in [6.07, 6.45) is -2.59. The lowest BCUT2D eigenvalue weighted by atomic mass is 9.97. The molecule has 1 amide bonds. The van der Waals surface area contributed by atoms with E-state index in [1.54, 1.807) is 0 Å². The van der Waals surface area contributed by atoms with E-state index in [0.717, 1.165) is 6.07 Å². The van der Waals surface area contributed by atoms with Crippen molar-refractivity contribution in [2.24, 2.45) is 5.92 Å². The predicted octanol–water partition coefficient (Wildman–Crippen LogP) is 1.96. The monoisotopic (exact) mass is 332 g/mol. The van der Waals surface area contributed by atoms with Gasteiger partial charge in [-0.25, -0.2) is 4.98 Å². The van der Waals surface area contributed by atoms with Gasteiger partial charge in [0.25, 0.3) is 5.91 Å². The number of hydrogen-bond acceptors (Lipinski definition) is 4. The summed E-state index contributed by atoms with van der Waals surface area (Å²) in [4.78, 5) is 28.3. The highest BCUT2D eigenvalue weighted by atomic mass is 19.4. The zero-order valence-electron chi connectivity index (χ0n) is 12.0. The minimum atomic E-state index is -4.49. The van der Waals surface area contributed by atoms with Crippen molar-refractivity contribution in [1.29, 1.82) is 0 Å². The summed E-state index contributed by atoms with van der Waals surface area (Å²) in [5.41, 5.74) is 0.158. The smallest absolute Gasteiger partial charge is 0.422 e. The number of alkyl halides is 3. The minimum absolute atomic E-state index is 0.158. The Morgan fingerprint density at radius 2 is 2.00 bits per heavy atom. The van der Waals surface area contributed by atoms with Gasteiger partial charge in [-0.1, -0.05) is 0 Å². The number of carboxylic acids is 1. The largest absolute Gasteiger partial charge is 0.481 e. The van der Waals surface area contributed by atoms with Crippen LogP contribution in [-0.2, 0) is 4.79 Å². The highest BCUT2D eigenvalue weighted by Crippen LogP contribution is 2.21. The van der Waals surface area contributed by atoms with Crippen molar-refractivity contribution >= 4 is 11.9 Å². The third-order valence-corrected chi connectivity index (χ3v) is 3.50. The molecule has 1 aromatic heterocycles. The van der Waals surface area contributed by atoms with E-state index < -0.39 is 24.7 Å². The van der Waals surface area contributed by atoms with Gasteiger partial charge in [0.1, 0.15) is 0 Å². The molecule has 6 nitrogen and oxygen atoms in total. The molecule has 0 aliphatic carbocycles. The molecule has 1 aliphatic rings. The van der Waals surface area contributed by atoms with Crippen molar-refractivity contribution in [2.45, 2.75) is 19.0 Å². The van der Waals surface area contributed by atoms with Gasteiger partial charge in [-0.3, -0.25) is 9.59 Å². The van der Waals surface area contributed by atoms with Gasteiger partial charge in [0.05, 0.1) is 5.92 Å². The number of aliphatic carboxylic acids is 1. The van der Waals surface area contributed by atoms with E-state index in [4.69, 9.17) is 5.11 Å².